The molecule has 0 amide bonds. The summed E-state index contributed by atoms with van der Waals surface area (Å²) in [5, 5.41) is 8.58. The van der Waals surface area contributed by atoms with E-state index in [4.69, 9.17) is 5.11 Å². The Hall–Kier alpha value is -0.300. The van der Waals surface area contributed by atoms with Gasteiger partial charge in [0.25, 0.3) is 0 Å². The third-order valence-electron chi connectivity index (χ3n) is 2.51. The second kappa shape index (κ2) is 12.7. The van der Waals surface area contributed by atoms with Gasteiger partial charge in [-0.3, -0.25) is 0 Å². The molecule has 14 heavy (non-hydrogen) atoms. The van der Waals surface area contributed by atoms with Gasteiger partial charge in [-0.05, 0) is 26.2 Å². The van der Waals surface area contributed by atoms with Crippen LogP contribution in [0.4, 0.5) is 0 Å². The first kappa shape index (κ1) is 13.7. The summed E-state index contributed by atoms with van der Waals surface area (Å²) in [7, 11) is 0. The minimum absolute atomic E-state index is 0.364. The van der Waals surface area contributed by atoms with Crippen LogP contribution in [0.3, 0.4) is 0 Å². The summed E-state index contributed by atoms with van der Waals surface area (Å²) in [4.78, 5) is 0. The average molecular weight is 198 g/mol. The molecule has 0 aromatic heterocycles. The monoisotopic (exact) mass is 198 g/mol. The van der Waals surface area contributed by atoms with Crippen LogP contribution < -0.4 is 0 Å². The lowest BCUT2D eigenvalue weighted by Crippen LogP contribution is -1.84. The molecule has 0 spiro atoms. The maximum atomic E-state index is 8.58. The van der Waals surface area contributed by atoms with E-state index in [1.54, 1.807) is 0 Å². The first-order valence-electron chi connectivity index (χ1n) is 6.14. The van der Waals surface area contributed by atoms with Crippen LogP contribution in [0.25, 0.3) is 0 Å². The SMILES string of the molecule is C/C=C\CCCCCCCCCCO. The number of hydrogen-bond acceptors (Lipinski definition) is 1. The van der Waals surface area contributed by atoms with Crippen molar-refractivity contribution in [3.63, 3.8) is 0 Å². The van der Waals surface area contributed by atoms with E-state index in [1.807, 2.05) is 0 Å². The van der Waals surface area contributed by atoms with Gasteiger partial charge in [0.2, 0.25) is 0 Å². The molecule has 1 heteroatoms. The summed E-state index contributed by atoms with van der Waals surface area (Å²) in [6.45, 7) is 2.45. The third kappa shape index (κ3) is 11.7. The van der Waals surface area contributed by atoms with Crippen LogP contribution >= 0.6 is 0 Å². The number of aliphatic hydroxyl groups excluding tert-OH is 1. The minimum atomic E-state index is 0.364. The molecule has 0 aliphatic heterocycles. The highest BCUT2D eigenvalue weighted by Gasteiger charge is 1.90. The lowest BCUT2D eigenvalue weighted by atomic mass is 10.1. The molecule has 0 aliphatic carbocycles. The topological polar surface area (TPSA) is 20.2 Å². The van der Waals surface area contributed by atoms with Gasteiger partial charge < -0.3 is 5.11 Å². The Morgan fingerprint density at radius 3 is 1.79 bits per heavy atom. The van der Waals surface area contributed by atoms with E-state index in [-0.39, 0.29) is 0 Å². The summed E-state index contributed by atoms with van der Waals surface area (Å²) in [5.74, 6) is 0. The number of allylic oxidation sites excluding steroid dienone is 2. The molecule has 0 heterocycles. The normalized spacial score (nSPS) is 11.3. The van der Waals surface area contributed by atoms with Crippen LogP contribution in [-0.4, -0.2) is 11.7 Å². The van der Waals surface area contributed by atoms with E-state index in [9.17, 15) is 0 Å². The predicted molar refractivity (Wildman–Crippen MR) is 63.5 cm³/mol. The van der Waals surface area contributed by atoms with Gasteiger partial charge in [-0.15, -0.1) is 0 Å². The zero-order valence-electron chi connectivity index (χ0n) is 9.67. The van der Waals surface area contributed by atoms with Gasteiger partial charge in [-0.2, -0.15) is 0 Å². The molecule has 0 unspecified atom stereocenters. The maximum absolute atomic E-state index is 8.58. The van der Waals surface area contributed by atoms with E-state index in [1.165, 1.54) is 51.4 Å². The van der Waals surface area contributed by atoms with Crippen molar-refractivity contribution in [1.82, 2.24) is 0 Å². The van der Waals surface area contributed by atoms with Crippen molar-refractivity contribution in [2.45, 2.75) is 64.7 Å². The number of aliphatic hydroxyl groups is 1. The Bertz CT molecular complexity index is 118. The molecule has 0 bridgehead atoms. The highest BCUT2D eigenvalue weighted by atomic mass is 16.2. The van der Waals surface area contributed by atoms with Gasteiger partial charge >= 0.3 is 0 Å². The van der Waals surface area contributed by atoms with Crippen molar-refractivity contribution >= 4 is 0 Å². The largest absolute Gasteiger partial charge is 0.396 e. The fraction of sp³-hybridized carbons (Fsp3) is 0.846. The van der Waals surface area contributed by atoms with E-state index < -0.39 is 0 Å². The molecule has 0 fully saturated rings. The fourth-order valence-corrected chi connectivity index (χ4v) is 1.60. The second-order valence-electron chi connectivity index (χ2n) is 3.91. The molecule has 1 nitrogen and oxygen atoms in total. The molecule has 1 N–H and O–H groups in total. The van der Waals surface area contributed by atoms with Crippen molar-refractivity contribution in [2.75, 3.05) is 6.61 Å². The average Bonchev–Trinajstić information content (AvgIpc) is 2.21. The molecule has 0 atom stereocenters. The minimum Gasteiger partial charge on any atom is -0.396 e. The van der Waals surface area contributed by atoms with Crippen LogP contribution in [0.5, 0.6) is 0 Å². The summed E-state index contributed by atoms with van der Waals surface area (Å²) < 4.78 is 0. The van der Waals surface area contributed by atoms with Crippen LogP contribution in [0.15, 0.2) is 12.2 Å². The van der Waals surface area contributed by atoms with E-state index in [0.717, 1.165) is 6.42 Å². The van der Waals surface area contributed by atoms with Crippen molar-refractivity contribution in [3.8, 4) is 0 Å². The van der Waals surface area contributed by atoms with Crippen LogP contribution in [-0.2, 0) is 0 Å². The van der Waals surface area contributed by atoms with Crippen LogP contribution in [0, 0.1) is 0 Å². The molecule has 0 radical (unpaired) electrons. The van der Waals surface area contributed by atoms with Crippen molar-refractivity contribution in [3.05, 3.63) is 12.2 Å². The summed E-state index contributed by atoms with van der Waals surface area (Å²) in [6, 6.07) is 0. The summed E-state index contributed by atoms with van der Waals surface area (Å²) in [5.41, 5.74) is 0. The van der Waals surface area contributed by atoms with Crippen molar-refractivity contribution in [2.24, 2.45) is 0 Å². The van der Waals surface area contributed by atoms with Gasteiger partial charge in [0.15, 0.2) is 0 Å². The number of rotatable bonds is 10. The zero-order valence-corrected chi connectivity index (χ0v) is 9.67. The Kier molecular flexibility index (Phi) is 12.4. The predicted octanol–water partition coefficient (Wildman–Crippen LogP) is 4.07. The molecule has 0 saturated carbocycles. The molecular weight excluding hydrogens is 172 g/mol. The number of unbranched alkanes of at least 4 members (excludes halogenated alkanes) is 8. The molecule has 84 valence electrons. The van der Waals surface area contributed by atoms with Gasteiger partial charge in [-0.25, -0.2) is 0 Å². The zero-order chi connectivity index (χ0) is 10.5. The maximum Gasteiger partial charge on any atom is 0.0431 e. The van der Waals surface area contributed by atoms with Gasteiger partial charge in [0, 0.05) is 6.61 Å². The Labute approximate surface area is 89.2 Å². The molecule has 0 aromatic rings. The molecular formula is C13H26O. The van der Waals surface area contributed by atoms with Crippen molar-refractivity contribution < 1.29 is 5.11 Å². The first-order valence-corrected chi connectivity index (χ1v) is 6.14. The molecule has 0 aromatic carbocycles. The van der Waals surface area contributed by atoms with Crippen molar-refractivity contribution in [1.29, 1.82) is 0 Å². The molecule has 0 rings (SSSR count). The smallest absolute Gasteiger partial charge is 0.0431 e. The highest BCUT2D eigenvalue weighted by Crippen LogP contribution is 2.09. The van der Waals surface area contributed by atoms with E-state index in [0.29, 0.717) is 6.61 Å². The Balaban J connectivity index is 2.85. The van der Waals surface area contributed by atoms with E-state index >= 15 is 0 Å². The van der Waals surface area contributed by atoms with Crippen LogP contribution in [0.2, 0.25) is 0 Å². The summed E-state index contributed by atoms with van der Waals surface area (Å²) >= 11 is 0. The lowest BCUT2D eigenvalue weighted by Gasteiger charge is -2.00. The number of hydrogen-bond donors (Lipinski definition) is 1. The molecule has 0 saturated heterocycles. The third-order valence-corrected chi connectivity index (χ3v) is 2.51. The second-order valence-corrected chi connectivity index (χ2v) is 3.91. The lowest BCUT2D eigenvalue weighted by molar-refractivity contribution is 0.282. The fourth-order valence-electron chi connectivity index (χ4n) is 1.60. The first-order chi connectivity index (χ1) is 6.91. The quantitative estimate of drug-likeness (QED) is 0.414. The Morgan fingerprint density at radius 2 is 1.29 bits per heavy atom. The highest BCUT2D eigenvalue weighted by molar-refractivity contribution is 4.76. The van der Waals surface area contributed by atoms with Gasteiger partial charge in [0.1, 0.15) is 0 Å². The Morgan fingerprint density at radius 1 is 0.786 bits per heavy atom. The van der Waals surface area contributed by atoms with Crippen LogP contribution in [0.1, 0.15) is 64.7 Å². The molecule has 0 aliphatic rings. The summed E-state index contributed by atoms with van der Waals surface area (Å²) in [6.07, 6.45) is 16.0. The van der Waals surface area contributed by atoms with Gasteiger partial charge in [0.05, 0.1) is 0 Å². The van der Waals surface area contributed by atoms with E-state index in [2.05, 4.69) is 19.1 Å². The van der Waals surface area contributed by atoms with Gasteiger partial charge in [-0.1, -0.05) is 50.7 Å². The standard InChI is InChI=1S/C13H26O/c1-2-3-4-5-6-7-8-9-10-11-12-13-14/h2-3,14H,4-13H2,1H3/b3-2-.